The lowest BCUT2D eigenvalue weighted by atomic mass is 9.77. The first kappa shape index (κ1) is 20.1. The molecule has 1 aliphatic carbocycles. The number of benzene rings is 2. The number of carbonyl (C=O) groups excluding carboxylic acids is 1. The van der Waals surface area contributed by atoms with Gasteiger partial charge in [-0.15, -0.1) is 0 Å². The van der Waals surface area contributed by atoms with E-state index in [1.807, 2.05) is 42.2 Å². The van der Waals surface area contributed by atoms with Crippen molar-refractivity contribution in [3.8, 4) is 0 Å². The molecule has 2 aromatic rings. The van der Waals surface area contributed by atoms with Crippen molar-refractivity contribution in [2.45, 2.75) is 37.6 Å². The Bertz CT molecular complexity index is 942. The molecule has 5 atom stereocenters. The molecule has 1 saturated heterocycles. The molecule has 4 N–H and O–H groups in total. The molecular weight excluding hydrogens is 410 g/mol. The molecule has 0 radical (unpaired) electrons. The van der Waals surface area contributed by atoms with Gasteiger partial charge in [-0.05, 0) is 55.4 Å². The average molecular weight is 432 g/mol. The normalized spacial score (nSPS) is 28.6. The molecule has 1 saturated carbocycles. The van der Waals surface area contributed by atoms with Crippen molar-refractivity contribution < 1.29 is 15.0 Å². The lowest BCUT2D eigenvalue weighted by molar-refractivity contribution is -0.126. The van der Waals surface area contributed by atoms with Gasteiger partial charge in [-0.2, -0.15) is 0 Å². The highest BCUT2D eigenvalue weighted by molar-refractivity contribution is 7.80. The molecule has 1 amide bonds. The van der Waals surface area contributed by atoms with E-state index < -0.39 is 30.2 Å². The Balaban J connectivity index is 1.69. The molecule has 152 valence electrons. The molecule has 1 aliphatic heterocycles. The van der Waals surface area contributed by atoms with Gasteiger partial charge in [0.1, 0.15) is 6.10 Å². The summed E-state index contributed by atoms with van der Waals surface area (Å²) < 4.78 is 0. The van der Waals surface area contributed by atoms with Crippen molar-refractivity contribution >= 4 is 46.2 Å². The molecule has 29 heavy (non-hydrogen) atoms. The summed E-state index contributed by atoms with van der Waals surface area (Å²) in [7, 11) is 0. The molecule has 8 heteroatoms. The van der Waals surface area contributed by atoms with Crippen LogP contribution in [0.4, 0.5) is 11.4 Å². The first-order chi connectivity index (χ1) is 13.9. The molecule has 2 fully saturated rings. The van der Waals surface area contributed by atoms with Crippen LogP contribution in [0.25, 0.3) is 0 Å². The Morgan fingerprint density at radius 3 is 2.66 bits per heavy atom. The highest BCUT2D eigenvalue weighted by Gasteiger charge is 2.54. The molecular formula is C21H22ClN3O3S. The number of hydrogen-bond acceptors (Lipinski definition) is 4. The number of anilines is 2. The van der Waals surface area contributed by atoms with Gasteiger partial charge in [0.05, 0.1) is 24.1 Å². The van der Waals surface area contributed by atoms with Gasteiger partial charge in [-0.3, -0.25) is 4.79 Å². The summed E-state index contributed by atoms with van der Waals surface area (Å²) in [6.45, 7) is 1.91. The fourth-order valence-electron chi connectivity index (χ4n) is 4.13. The van der Waals surface area contributed by atoms with Crippen molar-refractivity contribution in [1.82, 2.24) is 5.32 Å². The first-order valence-corrected chi connectivity index (χ1v) is 10.2. The number of nitrogens with zero attached hydrogens (tertiary/aromatic N) is 1. The smallest absolute Gasteiger partial charge is 0.229 e. The monoisotopic (exact) mass is 431 g/mol. The second-order valence-corrected chi connectivity index (χ2v) is 8.32. The fourth-order valence-corrected chi connectivity index (χ4v) is 4.67. The van der Waals surface area contributed by atoms with E-state index in [2.05, 4.69) is 10.6 Å². The van der Waals surface area contributed by atoms with E-state index in [0.717, 1.165) is 11.3 Å². The van der Waals surface area contributed by atoms with Crippen LogP contribution >= 0.6 is 23.8 Å². The van der Waals surface area contributed by atoms with E-state index in [1.54, 1.807) is 18.2 Å². The van der Waals surface area contributed by atoms with Crippen molar-refractivity contribution in [3.05, 3.63) is 59.1 Å². The van der Waals surface area contributed by atoms with Gasteiger partial charge in [0.15, 0.2) is 5.11 Å². The number of para-hydroxylation sites is 1. The van der Waals surface area contributed by atoms with E-state index in [0.29, 0.717) is 15.8 Å². The van der Waals surface area contributed by atoms with E-state index in [4.69, 9.17) is 23.8 Å². The zero-order chi connectivity index (χ0) is 20.7. The average Bonchev–Trinajstić information content (AvgIpc) is 3.05. The van der Waals surface area contributed by atoms with Gasteiger partial charge < -0.3 is 25.7 Å². The molecule has 2 aromatic carbocycles. The molecule has 0 aromatic heterocycles. The van der Waals surface area contributed by atoms with Crippen molar-refractivity contribution in [3.63, 3.8) is 0 Å². The van der Waals surface area contributed by atoms with Crippen LogP contribution in [0.2, 0.25) is 5.02 Å². The third kappa shape index (κ3) is 3.71. The number of aryl methyl sites for hydroxylation is 1. The number of nitrogens with one attached hydrogen (secondary N) is 2. The van der Waals surface area contributed by atoms with Crippen LogP contribution in [0.5, 0.6) is 0 Å². The van der Waals surface area contributed by atoms with E-state index in [-0.39, 0.29) is 12.3 Å². The van der Waals surface area contributed by atoms with Gasteiger partial charge in [-0.25, -0.2) is 0 Å². The van der Waals surface area contributed by atoms with Crippen molar-refractivity contribution in [1.29, 1.82) is 0 Å². The number of fused-ring (bicyclic) bond motifs is 1. The van der Waals surface area contributed by atoms with Crippen molar-refractivity contribution in [2.75, 3.05) is 10.2 Å². The minimum absolute atomic E-state index is 0.126. The number of halogens is 1. The number of hydrogen-bond donors (Lipinski definition) is 4. The summed E-state index contributed by atoms with van der Waals surface area (Å²) in [5.41, 5.74) is 2.35. The lowest BCUT2D eigenvalue weighted by Gasteiger charge is -2.41. The van der Waals surface area contributed by atoms with Gasteiger partial charge in [0, 0.05) is 16.4 Å². The highest BCUT2D eigenvalue weighted by Crippen LogP contribution is 2.38. The quantitative estimate of drug-likeness (QED) is 0.559. The van der Waals surface area contributed by atoms with E-state index in [9.17, 15) is 15.0 Å². The summed E-state index contributed by atoms with van der Waals surface area (Å²) in [6.07, 6.45) is -1.94. The number of aliphatic hydroxyl groups is 2. The number of rotatable bonds is 3. The van der Waals surface area contributed by atoms with Gasteiger partial charge in [0.2, 0.25) is 5.91 Å². The molecule has 4 rings (SSSR count). The predicted octanol–water partition coefficient (Wildman–Crippen LogP) is 2.46. The van der Waals surface area contributed by atoms with E-state index >= 15 is 0 Å². The minimum atomic E-state index is -1.04. The summed E-state index contributed by atoms with van der Waals surface area (Å²) in [4.78, 5) is 15.0. The van der Waals surface area contributed by atoms with Gasteiger partial charge >= 0.3 is 0 Å². The van der Waals surface area contributed by atoms with Crippen LogP contribution in [0.3, 0.4) is 0 Å². The maximum Gasteiger partial charge on any atom is 0.229 e. The van der Waals surface area contributed by atoms with Gasteiger partial charge in [0.25, 0.3) is 0 Å². The first-order valence-electron chi connectivity index (χ1n) is 9.44. The second-order valence-electron chi connectivity index (χ2n) is 7.52. The van der Waals surface area contributed by atoms with Gasteiger partial charge in [-0.1, -0.05) is 35.9 Å². The Morgan fingerprint density at radius 1 is 1.24 bits per heavy atom. The summed E-state index contributed by atoms with van der Waals surface area (Å²) >= 11 is 11.8. The van der Waals surface area contributed by atoms with Crippen LogP contribution in [0, 0.1) is 12.8 Å². The van der Waals surface area contributed by atoms with Crippen LogP contribution in [-0.2, 0) is 4.79 Å². The zero-order valence-electron chi connectivity index (χ0n) is 15.7. The Kier molecular flexibility index (Phi) is 5.48. The Labute approximate surface area is 179 Å². The maximum absolute atomic E-state index is 13.1. The number of carbonyl (C=O) groups is 1. The standard InChI is InChI=1S/C21H22ClN3O3S/c1-11-7-8-13(9-15(11)22)25-18-14(20(28)23-12-5-3-2-4-6-12)10-16(26)19(27)17(18)24-21(25)29/h2-9,14,16-19,26-27H,10H2,1H3,(H,23,28)(H,24,29). The third-order valence-electron chi connectivity index (χ3n) is 5.66. The zero-order valence-corrected chi connectivity index (χ0v) is 17.3. The fraction of sp³-hybridized carbons (Fsp3) is 0.333. The van der Waals surface area contributed by atoms with Crippen LogP contribution in [-0.4, -0.2) is 45.5 Å². The lowest BCUT2D eigenvalue weighted by Crippen LogP contribution is -2.60. The Hall–Kier alpha value is -2.19. The van der Waals surface area contributed by atoms with Crippen LogP contribution in [0.1, 0.15) is 12.0 Å². The SMILES string of the molecule is Cc1ccc(N2C(=S)NC3C(O)C(O)CC(C(=O)Nc4ccccc4)C32)cc1Cl. The number of amides is 1. The highest BCUT2D eigenvalue weighted by atomic mass is 35.5. The summed E-state index contributed by atoms with van der Waals surface area (Å²) in [6, 6.07) is 13.7. The molecule has 2 aliphatic rings. The molecule has 0 bridgehead atoms. The molecule has 6 nitrogen and oxygen atoms in total. The largest absolute Gasteiger partial charge is 0.390 e. The van der Waals surface area contributed by atoms with Crippen LogP contribution < -0.4 is 15.5 Å². The number of thiocarbonyl (C=S) groups is 1. The maximum atomic E-state index is 13.1. The van der Waals surface area contributed by atoms with Crippen LogP contribution in [0.15, 0.2) is 48.5 Å². The molecule has 5 unspecified atom stereocenters. The van der Waals surface area contributed by atoms with E-state index in [1.165, 1.54) is 0 Å². The molecule has 1 heterocycles. The third-order valence-corrected chi connectivity index (χ3v) is 6.38. The molecule has 0 spiro atoms. The summed E-state index contributed by atoms with van der Waals surface area (Å²) in [5.74, 6) is -0.821. The van der Waals surface area contributed by atoms with Crippen molar-refractivity contribution in [2.24, 2.45) is 5.92 Å². The number of aliphatic hydroxyl groups excluding tert-OH is 2. The summed E-state index contributed by atoms with van der Waals surface area (Å²) in [5, 5.41) is 27.9. The topological polar surface area (TPSA) is 84.8 Å². The Morgan fingerprint density at radius 2 is 1.97 bits per heavy atom. The second kappa shape index (κ2) is 7.91. The minimum Gasteiger partial charge on any atom is -0.390 e. The predicted molar refractivity (Wildman–Crippen MR) is 117 cm³/mol.